The third-order valence-corrected chi connectivity index (χ3v) is 4.09. The summed E-state index contributed by atoms with van der Waals surface area (Å²) < 4.78 is 0. The van der Waals surface area contributed by atoms with E-state index in [-0.39, 0.29) is 18.0 Å². The van der Waals surface area contributed by atoms with E-state index in [1.807, 2.05) is 24.3 Å². The molecule has 1 unspecified atom stereocenters. The number of rotatable bonds is 0. The zero-order valence-corrected chi connectivity index (χ0v) is 9.54. The van der Waals surface area contributed by atoms with E-state index in [1.54, 1.807) is 0 Å². The number of para-hydroxylation sites is 1. The van der Waals surface area contributed by atoms with Gasteiger partial charge in [-0.3, -0.25) is 4.90 Å². The van der Waals surface area contributed by atoms with E-state index < -0.39 is 6.09 Å². The first-order chi connectivity index (χ1) is 8.20. The minimum atomic E-state index is -0.860. The number of hydrogen-bond acceptors (Lipinski definition) is 2. The van der Waals surface area contributed by atoms with Crippen molar-refractivity contribution in [1.82, 2.24) is 0 Å². The standard InChI is InChI=1S/C13H16N2O2/c14-12-8-4-1-2-6-10(8)15(13(16)17)11-7-3-5-9(11)12/h1-2,4,6,9,11-12H,3,5,7,14H2,(H,16,17)/t9-,11+,12?/m0/s1. The fourth-order valence-electron chi connectivity index (χ4n) is 3.35. The quantitative estimate of drug-likeness (QED) is 0.721. The van der Waals surface area contributed by atoms with Crippen LogP contribution in [-0.4, -0.2) is 17.2 Å². The van der Waals surface area contributed by atoms with Crippen LogP contribution in [0.1, 0.15) is 30.9 Å². The molecule has 4 heteroatoms. The Bertz CT molecular complexity index is 460. The van der Waals surface area contributed by atoms with Crippen LogP contribution in [0.4, 0.5) is 10.5 Å². The molecule has 0 bridgehead atoms. The molecule has 1 amide bonds. The van der Waals surface area contributed by atoms with E-state index in [1.165, 1.54) is 4.90 Å². The molecule has 1 fully saturated rings. The van der Waals surface area contributed by atoms with Gasteiger partial charge in [0.1, 0.15) is 0 Å². The Kier molecular flexibility index (Phi) is 2.33. The summed E-state index contributed by atoms with van der Waals surface area (Å²) in [4.78, 5) is 13.0. The average molecular weight is 232 g/mol. The van der Waals surface area contributed by atoms with Gasteiger partial charge in [-0.25, -0.2) is 4.79 Å². The smallest absolute Gasteiger partial charge is 0.412 e. The molecule has 4 nitrogen and oxygen atoms in total. The van der Waals surface area contributed by atoms with Crippen LogP contribution in [0.5, 0.6) is 0 Å². The second-order valence-corrected chi connectivity index (χ2v) is 4.90. The van der Waals surface area contributed by atoms with Crippen molar-refractivity contribution in [2.24, 2.45) is 11.7 Å². The zero-order chi connectivity index (χ0) is 12.0. The van der Waals surface area contributed by atoms with Gasteiger partial charge in [0.15, 0.2) is 0 Å². The zero-order valence-electron chi connectivity index (χ0n) is 9.54. The molecule has 90 valence electrons. The lowest BCUT2D eigenvalue weighted by atomic mass is 9.83. The van der Waals surface area contributed by atoms with Crippen molar-refractivity contribution in [3.8, 4) is 0 Å². The summed E-state index contributed by atoms with van der Waals surface area (Å²) >= 11 is 0. The fraction of sp³-hybridized carbons (Fsp3) is 0.462. The van der Waals surface area contributed by atoms with Crippen molar-refractivity contribution in [2.75, 3.05) is 4.90 Å². The maximum absolute atomic E-state index is 11.5. The summed E-state index contributed by atoms with van der Waals surface area (Å²) in [5.41, 5.74) is 8.02. The van der Waals surface area contributed by atoms with Crippen LogP contribution in [0.25, 0.3) is 0 Å². The molecule has 17 heavy (non-hydrogen) atoms. The number of nitrogens with zero attached hydrogens (tertiary/aromatic N) is 1. The molecule has 3 rings (SSSR count). The molecule has 0 saturated heterocycles. The fourth-order valence-corrected chi connectivity index (χ4v) is 3.35. The van der Waals surface area contributed by atoms with Crippen molar-refractivity contribution in [1.29, 1.82) is 0 Å². The van der Waals surface area contributed by atoms with Gasteiger partial charge in [0, 0.05) is 12.1 Å². The molecule has 0 aromatic heterocycles. The van der Waals surface area contributed by atoms with Gasteiger partial charge in [0.2, 0.25) is 0 Å². The largest absolute Gasteiger partial charge is 0.465 e. The monoisotopic (exact) mass is 232 g/mol. The molecule has 2 aliphatic rings. The number of hydrogen-bond donors (Lipinski definition) is 2. The van der Waals surface area contributed by atoms with Crippen molar-refractivity contribution in [2.45, 2.75) is 31.3 Å². The predicted octanol–water partition coefficient (Wildman–Crippen LogP) is 2.35. The molecule has 1 heterocycles. The maximum Gasteiger partial charge on any atom is 0.412 e. The van der Waals surface area contributed by atoms with Gasteiger partial charge in [-0.1, -0.05) is 24.6 Å². The Morgan fingerprint density at radius 1 is 1.35 bits per heavy atom. The summed E-state index contributed by atoms with van der Waals surface area (Å²) in [5, 5.41) is 9.40. The Morgan fingerprint density at radius 2 is 2.12 bits per heavy atom. The van der Waals surface area contributed by atoms with Gasteiger partial charge in [-0.05, 0) is 30.4 Å². The van der Waals surface area contributed by atoms with Gasteiger partial charge < -0.3 is 10.8 Å². The highest BCUT2D eigenvalue weighted by molar-refractivity contribution is 5.89. The van der Waals surface area contributed by atoms with Crippen molar-refractivity contribution < 1.29 is 9.90 Å². The number of amides is 1. The van der Waals surface area contributed by atoms with E-state index in [9.17, 15) is 9.90 Å². The highest BCUT2D eigenvalue weighted by Gasteiger charge is 2.44. The van der Waals surface area contributed by atoms with E-state index in [0.717, 1.165) is 30.5 Å². The van der Waals surface area contributed by atoms with Gasteiger partial charge >= 0.3 is 6.09 Å². The predicted molar refractivity (Wildman–Crippen MR) is 65.0 cm³/mol. The minimum absolute atomic E-state index is 0.0192. The Balaban J connectivity index is 2.14. The molecule has 1 aliphatic heterocycles. The Labute approximate surface area is 100 Å². The van der Waals surface area contributed by atoms with Crippen LogP contribution in [0, 0.1) is 5.92 Å². The summed E-state index contributed by atoms with van der Waals surface area (Å²) in [6, 6.07) is 7.65. The molecule has 1 aromatic carbocycles. The van der Waals surface area contributed by atoms with Crippen molar-refractivity contribution >= 4 is 11.8 Å². The topological polar surface area (TPSA) is 66.6 Å². The lowest BCUT2D eigenvalue weighted by Gasteiger charge is -2.40. The first-order valence-corrected chi connectivity index (χ1v) is 6.07. The van der Waals surface area contributed by atoms with E-state index in [0.29, 0.717) is 0 Å². The SMILES string of the molecule is NC1c2ccccc2N(C(=O)O)[C@@H]2CCC[C@H]12. The molecule has 1 saturated carbocycles. The van der Waals surface area contributed by atoms with Crippen LogP contribution < -0.4 is 10.6 Å². The number of anilines is 1. The lowest BCUT2D eigenvalue weighted by Crippen LogP contribution is -2.49. The number of nitrogens with two attached hydrogens (primary N) is 1. The molecule has 1 aromatic rings. The Morgan fingerprint density at radius 3 is 2.88 bits per heavy atom. The van der Waals surface area contributed by atoms with Crippen LogP contribution in [0.3, 0.4) is 0 Å². The van der Waals surface area contributed by atoms with Crippen LogP contribution in [-0.2, 0) is 0 Å². The summed E-state index contributed by atoms with van der Waals surface area (Å²) in [6.07, 6.45) is 2.17. The van der Waals surface area contributed by atoms with E-state index in [4.69, 9.17) is 5.73 Å². The van der Waals surface area contributed by atoms with E-state index >= 15 is 0 Å². The Hall–Kier alpha value is -1.55. The molecular formula is C13H16N2O2. The average Bonchev–Trinajstić information content (AvgIpc) is 2.78. The van der Waals surface area contributed by atoms with Crippen LogP contribution >= 0.6 is 0 Å². The number of carbonyl (C=O) groups is 1. The third-order valence-electron chi connectivity index (χ3n) is 4.09. The normalized spacial score (nSPS) is 30.9. The highest BCUT2D eigenvalue weighted by Crippen LogP contribution is 2.46. The van der Waals surface area contributed by atoms with Gasteiger partial charge in [-0.15, -0.1) is 0 Å². The number of carboxylic acid groups (broad SMARTS) is 1. The molecular weight excluding hydrogens is 216 g/mol. The summed E-state index contributed by atoms with van der Waals surface area (Å²) in [5.74, 6) is 0.279. The first kappa shape index (κ1) is 10.6. The number of fused-ring (bicyclic) bond motifs is 2. The van der Waals surface area contributed by atoms with Gasteiger partial charge in [0.05, 0.1) is 5.69 Å². The molecule has 1 aliphatic carbocycles. The molecule has 3 atom stereocenters. The van der Waals surface area contributed by atoms with Crippen molar-refractivity contribution in [3.05, 3.63) is 29.8 Å². The van der Waals surface area contributed by atoms with Crippen LogP contribution in [0.2, 0.25) is 0 Å². The summed E-state index contributed by atoms with van der Waals surface area (Å²) in [6.45, 7) is 0. The minimum Gasteiger partial charge on any atom is -0.465 e. The third kappa shape index (κ3) is 1.44. The second kappa shape index (κ2) is 3.74. The van der Waals surface area contributed by atoms with E-state index in [2.05, 4.69) is 0 Å². The second-order valence-electron chi connectivity index (χ2n) is 4.90. The highest BCUT2D eigenvalue weighted by atomic mass is 16.4. The van der Waals surface area contributed by atoms with Crippen molar-refractivity contribution in [3.63, 3.8) is 0 Å². The molecule has 3 N–H and O–H groups in total. The van der Waals surface area contributed by atoms with Gasteiger partial charge in [-0.2, -0.15) is 0 Å². The molecule has 0 spiro atoms. The summed E-state index contributed by atoms with van der Waals surface area (Å²) in [7, 11) is 0. The number of benzene rings is 1. The van der Waals surface area contributed by atoms with Gasteiger partial charge in [0.25, 0.3) is 0 Å². The van der Waals surface area contributed by atoms with Crippen LogP contribution in [0.15, 0.2) is 24.3 Å². The first-order valence-electron chi connectivity index (χ1n) is 6.07. The lowest BCUT2D eigenvalue weighted by molar-refractivity contribution is 0.194. The molecule has 0 radical (unpaired) electrons. The maximum atomic E-state index is 11.5.